The predicted molar refractivity (Wildman–Crippen MR) is 66.7 cm³/mol. The summed E-state index contributed by atoms with van der Waals surface area (Å²) < 4.78 is 37.0. The highest BCUT2D eigenvalue weighted by molar-refractivity contribution is 7.12. The quantitative estimate of drug-likeness (QED) is 0.808. The molecule has 19 heavy (non-hydrogen) atoms. The molecule has 3 nitrogen and oxygen atoms in total. The van der Waals surface area contributed by atoms with E-state index in [0.717, 1.165) is 9.78 Å². The molecule has 1 aromatic heterocycles. The van der Waals surface area contributed by atoms with Crippen LogP contribution < -0.4 is 0 Å². The summed E-state index contributed by atoms with van der Waals surface area (Å²) in [6, 6.07) is 3.40. The second-order valence-electron chi connectivity index (χ2n) is 3.78. The Balaban J connectivity index is 2.65. The lowest BCUT2D eigenvalue weighted by atomic mass is 10.3. The van der Waals surface area contributed by atoms with Crippen molar-refractivity contribution in [2.45, 2.75) is 12.7 Å². The van der Waals surface area contributed by atoms with E-state index in [2.05, 4.69) is 11.8 Å². The van der Waals surface area contributed by atoms with Crippen molar-refractivity contribution in [2.75, 3.05) is 26.3 Å². The Morgan fingerprint density at radius 2 is 2.00 bits per heavy atom. The van der Waals surface area contributed by atoms with Crippen LogP contribution >= 0.6 is 11.3 Å². The lowest BCUT2D eigenvalue weighted by Gasteiger charge is -2.21. The molecule has 0 atom stereocenters. The fraction of sp³-hybridized carbons (Fsp3) is 0.500. The third-order valence-electron chi connectivity index (χ3n) is 2.15. The first-order valence-electron chi connectivity index (χ1n) is 5.53. The predicted octanol–water partition coefficient (Wildman–Crippen LogP) is 1.45. The molecular weight excluding hydrogens is 279 g/mol. The van der Waals surface area contributed by atoms with Gasteiger partial charge in [0.05, 0.1) is 18.0 Å². The Labute approximate surface area is 113 Å². The van der Waals surface area contributed by atoms with Crippen molar-refractivity contribution >= 4 is 11.3 Å². The van der Waals surface area contributed by atoms with Crippen molar-refractivity contribution in [3.8, 4) is 11.8 Å². The highest BCUT2D eigenvalue weighted by Crippen LogP contribution is 2.21. The molecule has 0 saturated heterocycles. The Bertz CT molecular complexity index is 448. The van der Waals surface area contributed by atoms with Gasteiger partial charge in [-0.3, -0.25) is 4.90 Å². The molecule has 0 spiro atoms. The Kier molecular flexibility index (Phi) is 6.31. The van der Waals surface area contributed by atoms with E-state index in [0.29, 0.717) is 4.88 Å². The van der Waals surface area contributed by atoms with E-state index in [1.54, 1.807) is 12.1 Å². The number of alkyl halides is 3. The highest BCUT2D eigenvalue weighted by atomic mass is 32.1. The molecule has 0 aliphatic carbocycles. The van der Waals surface area contributed by atoms with Gasteiger partial charge in [-0.05, 0) is 12.1 Å². The molecule has 106 valence electrons. The molecule has 1 aromatic rings. The van der Waals surface area contributed by atoms with Crippen LogP contribution in [0.3, 0.4) is 0 Å². The molecule has 1 rings (SSSR count). The maximum absolute atomic E-state index is 12.3. The van der Waals surface area contributed by atoms with E-state index in [1.165, 1.54) is 11.3 Å². The minimum Gasteiger partial charge on any atom is -0.395 e. The van der Waals surface area contributed by atoms with E-state index in [9.17, 15) is 13.2 Å². The molecular formula is C12H14F3NO2S. The Morgan fingerprint density at radius 1 is 1.26 bits per heavy atom. The molecule has 0 radical (unpaired) electrons. The van der Waals surface area contributed by atoms with Crippen LogP contribution in [0.2, 0.25) is 0 Å². The van der Waals surface area contributed by atoms with Gasteiger partial charge in [0.2, 0.25) is 0 Å². The van der Waals surface area contributed by atoms with Crippen molar-refractivity contribution in [1.29, 1.82) is 0 Å². The summed E-state index contributed by atoms with van der Waals surface area (Å²) in [5.74, 6) is 5.17. The van der Waals surface area contributed by atoms with Gasteiger partial charge in [-0.2, -0.15) is 13.2 Å². The first-order chi connectivity index (χ1) is 8.94. The van der Waals surface area contributed by atoms with Gasteiger partial charge in [-0.1, -0.05) is 11.8 Å². The summed E-state index contributed by atoms with van der Waals surface area (Å²) in [6.45, 7) is -1.54. The molecule has 7 heteroatoms. The van der Waals surface area contributed by atoms with Gasteiger partial charge in [0.25, 0.3) is 0 Å². The minimum absolute atomic E-state index is 0.0327. The number of halogens is 3. The van der Waals surface area contributed by atoms with E-state index in [-0.39, 0.29) is 26.3 Å². The topological polar surface area (TPSA) is 43.7 Å². The molecule has 0 aromatic carbocycles. The molecule has 0 saturated carbocycles. The van der Waals surface area contributed by atoms with Crippen LogP contribution in [0.1, 0.15) is 9.75 Å². The third-order valence-corrected chi connectivity index (χ3v) is 3.14. The van der Waals surface area contributed by atoms with Crippen molar-refractivity contribution in [3.05, 3.63) is 21.9 Å². The number of hydrogen-bond donors (Lipinski definition) is 2. The van der Waals surface area contributed by atoms with E-state index in [4.69, 9.17) is 10.2 Å². The summed E-state index contributed by atoms with van der Waals surface area (Å²) in [5, 5.41) is 17.3. The second-order valence-corrected chi connectivity index (χ2v) is 4.94. The minimum atomic E-state index is -4.29. The molecule has 0 bridgehead atoms. The maximum Gasteiger partial charge on any atom is 0.401 e. The molecule has 1 heterocycles. The SMILES string of the molecule is OCC#Cc1ccc(CN(CCO)CC(F)(F)F)s1. The summed E-state index contributed by atoms with van der Waals surface area (Å²) in [7, 11) is 0. The molecule has 0 aliphatic rings. The molecule has 0 aliphatic heterocycles. The van der Waals surface area contributed by atoms with Crippen molar-refractivity contribution in [1.82, 2.24) is 4.90 Å². The average molecular weight is 293 g/mol. The van der Waals surface area contributed by atoms with Crippen LogP contribution in [0.15, 0.2) is 12.1 Å². The first-order valence-corrected chi connectivity index (χ1v) is 6.34. The zero-order valence-corrected chi connectivity index (χ0v) is 10.9. The molecule has 0 fully saturated rings. The Hall–Kier alpha value is -1.07. The number of rotatable bonds is 5. The number of aliphatic hydroxyl groups excluding tert-OH is 2. The van der Waals surface area contributed by atoms with Gasteiger partial charge in [0, 0.05) is 18.0 Å². The third kappa shape index (κ3) is 6.59. The van der Waals surface area contributed by atoms with Crippen LogP contribution in [0.5, 0.6) is 0 Å². The van der Waals surface area contributed by atoms with Crippen LogP contribution in [0, 0.1) is 11.8 Å². The second kappa shape index (κ2) is 7.50. The van der Waals surface area contributed by atoms with Crippen LogP contribution in [-0.2, 0) is 6.54 Å². The lowest BCUT2D eigenvalue weighted by Crippen LogP contribution is -2.35. The molecule has 0 amide bonds. The lowest BCUT2D eigenvalue weighted by molar-refractivity contribution is -0.147. The summed E-state index contributed by atoms with van der Waals surface area (Å²) in [5.41, 5.74) is 0. The van der Waals surface area contributed by atoms with Gasteiger partial charge in [0.1, 0.15) is 6.61 Å². The zero-order chi connectivity index (χ0) is 14.3. The largest absolute Gasteiger partial charge is 0.401 e. The van der Waals surface area contributed by atoms with Crippen LogP contribution in [0.25, 0.3) is 0 Å². The van der Waals surface area contributed by atoms with E-state index >= 15 is 0 Å². The zero-order valence-electron chi connectivity index (χ0n) is 10.1. The van der Waals surface area contributed by atoms with Gasteiger partial charge in [0.15, 0.2) is 0 Å². The van der Waals surface area contributed by atoms with E-state index in [1.807, 2.05) is 0 Å². The number of nitrogens with zero attached hydrogens (tertiary/aromatic N) is 1. The van der Waals surface area contributed by atoms with Gasteiger partial charge in [-0.15, -0.1) is 11.3 Å². The normalized spacial score (nSPS) is 11.5. The number of hydrogen-bond acceptors (Lipinski definition) is 4. The van der Waals surface area contributed by atoms with Gasteiger partial charge >= 0.3 is 6.18 Å². The van der Waals surface area contributed by atoms with Crippen LogP contribution in [-0.4, -0.2) is 47.6 Å². The molecule has 2 N–H and O–H groups in total. The van der Waals surface area contributed by atoms with Crippen LogP contribution in [0.4, 0.5) is 13.2 Å². The number of aliphatic hydroxyl groups is 2. The number of thiophene rings is 1. The summed E-state index contributed by atoms with van der Waals surface area (Å²) >= 11 is 1.28. The average Bonchev–Trinajstić information content (AvgIpc) is 2.72. The molecule has 0 unspecified atom stereocenters. The van der Waals surface area contributed by atoms with Crippen molar-refractivity contribution in [2.24, 2.45) is 0 Å². The van der Waals surface area contributed by atoms with Gasteiger partial charge < -0.3 is 10.2 Å². The van der Waals surface area contributed by atoms with Gasteiger partial charge in [-0.25, -0.2) is 0 Å². The highest BCUT2D eigenvalue weighted by Gasteiger charge is 2.30. The fourth-order valence-corrected chi connectivity index (χ4v) is 2.41. The summed E-state index contributed by atoms with van der Waals surface area (Å²) in [6.07, 6.45) is -4.29. The monoisotopic (exact) mass is 293 g/mol. The fourth-order valence-electron chi connectivity index (χ4n) is 1.49. The van der Waals surface area contributed by atoms with E-state index < -0.39 is 12.7 Å². The smallest absolute Gasteiger partial charge is 0.395 e. The Morgan fingerprint density at radius 3 is 2.58 bits per heavy atom. The van der Waals surface area contributed by atoms with Crippen molar-refractivity contribution < 1.29 is 23.4 Å². The standard InChI is InChI=1S/C12H14F3NO2S/c13-12(14,15)9-16(5-7-18)8-11-4-3-10(19-11)2-1-6-17/h3-4,17-18H,5-9H2. The summed E-state index contributed by atoms with van der Waals surface area (Å²) in [4.78, 5) is 2.56. The van der Waals surface area contributed by atoms with Crippen molar-refractivity contribution in [3.63, 3.8) is 0 Å². The first kappa shape index (κ1) is 16.0. The maximum atomic E-state index is 12.3.